The molecule has 0 amide bonds. The highest BCUT2D eigenvalue weighted by molar-refractivity contribution is 5.97. The third kappa shape index (κ3) is 5.47. The van der Waals surface area contributed by atoms with Crippen LogP contribution in [-0.4, -0.2) is 47.6 Å². The molecule has 4 atom stereocenters. The lowest BCUT2D eigenvalue weighted by Crippen LogP contribution is -2.28. The number of carbonyl (C=O) groups excluding carboxylic acids is 3. The van der Waals surface area contributed by atoms with Crippen LogP contribution in [0, 0.1) is 5.92 Å². The molecule has 1 aliphatic heterocycles. The summed E-state index contributed by atoms with van der Waals surface area (Å²) in [7, 11) is 0. The quantitative estimate of drug-likeness (QED) is 0.601. The topological polar surface area (TPSA) is 89.9 Å². The van der Waals surface area contributed by atoms with E-state index in [1.165, 1.54) is 6.08 Å². The summed E-state index contributed by atoms with van der Waals surface area (Å²) in [5.41, 5.74) is 1.67. The number of allylic oxidation sites excluding steroid dienone is 2. The first-order valence-electron chi connectivity index (χ1n) is 9.31. The Balaban J connectivity index is 2.36. The molecule has 27 heavy (non-hydrogen) atoms. The standard InChI is InChI=1S/C21H28O6/c1-5-26-18-11-15(22)10-14(12(2)3)6-7-16-20(24)19(27-21(16)25)9-13(4)8-17(18)23/h7-8,14,18-20,24H,2,5-6,9-11H2,1,3-4H3/b13-8-,16-7+/t14-,18-,19+,20-/m0/s1. The molecule has 0 saturated carbocycles. The molecule has 0 aromatic carbocycles. The van der Waals surface area contributed by atoms with E-state index in [0.717, 1.165) is 5.57 Å². The second kappa shape index (κ2) is 9.24. The summed E-state index contributed by atoms with van der Waals surface area (Å²) in [6, 6.07) is 0. The molecule has 0 radical (unpaired) electrons. The maximum absolute atomic E-state index is 12.5. The number of carbonyl (C=O) groups is 3. The summed E-state index contributed by atoms with van der Waals surface area (Å²) in [5, 5.41) is 10.4. The number of aliphatic hydroxyl groups excluding tert-OH is 1. The smallest absolute Gasteiger partial charge is 0.336 e. The van der Waals surface area contributed by atoms with Crippen LogP contribution in [-0.2, 0) is 23.9 Å². The third-order valence-electron chi connectivity index (χ3n) is 4.97. The van der Waals surface area contributed by atoms with E-state index in [9.17, 15) is 19.5 Å². The number of fused-ring (bicyclic) bond motifs is 2. The van der Waals surface area contributed by atoms with Crippen molar-refractivity contribution in [2.45, 2.75) is 64.8 Å². The number of Topliss-reactive ketones (excluding diaryl/α,β-unsaturated/α-hetero) is 1. The van der Waals surface area contributed by atoms with Crippen LogP contribution in [0.3, 0.4) is 0 Å². The Morgan fingerprint density at radius 1 is 1.30 bits per heavy atom. The van der Waals surface area contributed by atoms with Crippen molar-refractivity contribution >= 4 is 17.5 Å². The van der Waals surface area contributed by atoms with Crippen LogP contribution >= 0.6 is 0 Å². The Kier molecular flexibility index (Phi) is 7.27. The van der Waals surface area contributed by atoms with Gasteiger partial charge in [-0.15, -0.1) is 0 Å². The van der Waals surface area contributed by atoms with Crippen LogP contribution < -0.4 is 0 Å². The summed E-state index contributed by atoms with van der Waals surface area (Å²) in [6.07, 6.45) is 1.32. The highest BCUT2D eigenvalue weighted by Gasteiger charge is 2.38. The number of esters is 1. The van der Waals surface area contributed by atoms with Gasteiger partial charge in [-0.1, -0.05) is 23.8 Å². The predicted octanol–water partition coefficient (Wildman–Crippen LogP) is 2.46. The van der Waals surface area contributed by atoms with Crippen molar-refractivity contribution in [3.8, 4) is 0 Å². The lowest BCUT2D eigenvalue weighted by Gasteiger charge is -2.19. The fourth-order valence-electron chi connectivity index (χ4n) is 3.40. The molecule has 148 valence electrons. The number of hydrogen-bond acceptors (Lipinski definition) is 6. The van der Waals surface area contributed by atoms with E-state index in [1.54, 1.807) is 19.9 Å². The van der Waals surface area contributed by atoms with Crippen molar-refractivity contribution in [2.24, 2.45) is 5.92 Å². The van der Waals surface area contributed by atoms with Crippen LogP contribution in [0.15, 0.2) is 35.5 Å². The van der Waals surface area contributed by atoms with Gasteiger partial charge in [-0.05, 0) is 39.2 Å². The Morgan fingerprint density at radius 2 is 2.00 bits per heavy atom. The molecule has 0 spiro atoms. The van der Waals surface area contributed by atoms with E-state index in [0.29, 0.717) is 18.6 Å². The van der Waals surface area contributed by atoms with Crippen LogP contribution in [0.2, 0.25) is 0 Å². The minimum Gasteiger partial charge on any atom is -0.455 e. The Bertz CT molecular complexity index is 687. The lowest BCUT2D eigenvalue weighted by molar-refractivity contribution is -0.139. The molecule has 1 saturated heterocycles. The van der Waals surface area contributed by atoms with Crippen molar-refractivity contribution in [1.82, 2.24) is 0 Å². The monoisotopic (exact) mass is 376 g/mol. The summed E-state index contributed by atoms with van der Waals surface area (Å²) in [6.45, 7) is 9.58. The van der Waals surface area contributed by atoms with Gasteiger partial charge in [0.2, 0.25) is 0 Å². The zero-order chi connectivity index (χ0) is 20.1. The molecular formula is C21H28O6. The maximum atomic E-state index is 12.5. The predicted molar refractivity (Wildman–Crippen MR) is 99.9 cm³/mol. The second-order valence-electron chi connectivity index (χ2n) is 7.32. The largest absolute Gasteiger partial charge is 0.455 e. The molecule has 2 bridgehead atoms. The molecule has 0 aromatic heterocycles. The minimum atomic E-state index is -1.05. The molecule has 1 N–H and O–H groups in total. The summed E-state index contributed by atoms with van der Waals surface area (Å²) in [5.74, 6) is -1.12. The molecule has 1 heterocycles. The van der Waals surface area contributed by atoms with Crippen LogP contribution in [0.25, 0.3) is 0 Å². The Hall–Kier alpha value is -2.05. The fraction of sp³-hybridized carbons (Fsp3) is 0.571. The summed E-state index contributed by atoms with van der Waals surface area (Å²) >= 11 is 0. The molecule has 1 fully saturated rings. The molecular weight excluding hydrogens is 348 g/mol. The lowest BCUT2D eigenvalue weighted by atomic mass is 9.88. The molecule has 6 heteroatoms. The minimum absolute atomic E-state index is 0.0122. The van der Waals surface area contributed by atoms with E-state index in [4.69, 9.17) is 9.47 Å². The number of rotatable bonds is 3. The maximum Gasteiger partial charge on any atom is 0.336 e. The Morgan fingerprint density at radius 3 is 2.63 bits per heavy atom. The van der Waals surface area contributed by atoms with Crippen molar-refractivity contribution in [2.75, 3.05) is 6.61 Å². The van der Waals surface area contributed by atoms with Gasteiger partial charge in [-0.2, -0.15) is 0 Å². The van der Waals surface area contributed by atoms with E-state index >= 15 is 0 Å². The van der Waals surface area contributed by atoms with Crippen LogP contribution in [0.4, 0.5) is 0 Å². The zero-order valence-corrected chi connectivity index (χ0v) is 16.2. The molecule has 2 rings (SSSR count). The van der Waals surface area contributed by atoms with Gasteiger partial charge < -0.3 is 14.6 Å². The van der Waals surface area contributed by atoms with E-state index in [1.807, 2.05) is 6.92 Å². The molecule has 1 aliphatic carbocycles. The van der Waals surface area contributed by atoms with Gasteiger partial charge in [0.05, 0.1) is 5.57 Å². The number of ether oxygens (including phenoxy) is 2. The Labute approximate surface area is 159 Å². The number of aliphatic hydroxyl groups is 1. The first-order chi connectivity index (χ1) is 12.7. The molecule has 6 nitrogen and oxygen atoms in total. The van der Waals surface area contributed by atoms with Crippen molar-refractivity contribution in [1.29, 1.82) is 0 Å². The molecule has 2 aliphatic rings. The first kappa shape index (κ1) is 21.3. The highest BCUT2D eigenvalue weighted by Crippen LogP contribution is 2.29. The van der Waals surface area contributed by atoms with Gasteiger partial charge >= 0.3 is 5.97 Å². The zero-order valence-electron chi connectivity index (χ0n) is 16.2. The first-order valence-corrected chi connectivity index (χ1v) is 9.31. The second-order valence-corrected chi connectivity index (χ2v) is 7.32. The van der Waals surface area contributed by atoms with E-state index in [2.05, 4.69) is 6.58 Å². The highest BCUT2D eigenvalue weighted by atomic mass is 16.6. The van der Waals surface area contributed by atoms with Gasteiger partial charge in [-0.25, -0.2) is 4.79 Å². The van der Waals surface area contributed by atoms with Crippen molar-refractivity contribution in [3.63, 3.8) is 0 Å². The average molecular weight is 376 g/mol. The normalized spacial score (nSPS) is 34.1. The van der Waals surface area contributed by atoms with Crippen LogP contribution in [0.5, 0.6) is 0 Å². The summed E-state index contributed by atoms with van der Waals surface area (Å²) < 4.78 is 10.8. The fourth-order valence-corrected chi connectivity index (χ4v) is 3.40. The van der Waals surface area contributed by atoms with E-state index in [-0.39, 0.29) is 42.3 Å². The SMILES string of the molecule is C=C(C)[C@H]1C/C=C2/C(=O)O[C@H](C/C(C)=C\C(=O)[C@@H](OCC)CC(=O)C1)[C@H]2O. The molecule has 0 aromatic rings. The van der Waals surface area contributed by atoms with Gasteiger partial charge in [0.15, 0.2) is 5.78 Å². The summed E-state index contributed by atoms with van der Waals surface area (Å²) in [4.78, 5) is 37.2. The van der Waals surface area contributed by atoms with Crippen molar-refractivity contribution in [3.05, 3.63) is 35.5 Å². The van der Waals surface area contributed by atoms with Gasteiger partial charge in [0, 0.05) is 25.9 Å². The van der Waals surface area contributed by atoms with Crippen LogP contribution in [0.1, 0.15) is 46.5 Å². The van der Waals surface area contributed by atoms with Gasteiger partial charge in [0.25, 0.3) is 0 Å². The molecule has 0 unspecified atom stereocenters. The third-order valence-corrected chi connectivity index (χ3v) is 4.97. The van der Waals surface area contributed by atoms with E-state index < -0.39 is 24.3 Å². The average Bonchev–Trinajstić information content (AvgIpc) is 2.83. The van der Waals surface area contributed by atoms with Gasteiger partial charge in [-0.3, -0.25) is 9.59 Å². The number of hydrogen-bond donors (Lipinski definition) is 1. The van der Waals surface area contributed by atoms with Crippen molar-refractivity contribution < 1.29 is 29.0 Å². The van der Waals surface area contributed by atoms with Gasteiger partial charge in [0.1, 0.15) is 24.1 Å². The number of ketones is 2.